The summed E-state index contributed by atoms with van der Waals surface area (Å²) in [5, 5.41) is 0.824. The Morgan fingerprint density at radius 2 is 0.941 bits per heavy atom. The number of hydrogen-bond donors (Lipinski definition) is 0. The largest absolute Gasteiger partial charge is 0.347 e. The number of hydrogen-bond acceptors (Lipinski definition) is 6. The van der Waals surface area contributed by atoms with Crippen molar-refractivity contribution in [2.45, 2.75) is 23.6 Å². The first kappa shape index (κ1) is 26.6. The fraction of sp³-hybridized carbons (Fsp3) is 0.364. The van der Waals surface area contributed by atoms with Crippen LogP contribution in [-0.4, -0.2) is 75.7 Å². The van der Waals surface area contributed by atoms with Gasteiger partial charge in [0.25, 0.3) is 20.0 Å². The molecule has 1 aliphatic heterocycles. The van der Waals surface area contributed by atoms with E-state index in [1.165, 1.54) is 23.5 Å². The van der Waals surface area contributed by atoms with Crippen molar-refractivity contribution in [1.82, 2.24) is 9.80 Å². The van der Waals surface area contributed by atoms with E-state index in [1.807, 2.05) is 23.6 Å². The fourth-order valence-electron chi connectivity index (χ4n) is 3.27. The summed E-state index contributed by atoms with van der Waals surface area (Å²) in [6.45, 7) is 5.76. The normalized spacial score (nSPS) is 16.1. The molecule has 0 atom stereocenters. The molecule has 8 nitrogen and oxygen atoms in total. The number of sulfonamides is 2. The van der Waals surface area contributed by atoms with E-state index in [0.717, 1.165) is 11.1 Å². The van der Waals surface area contributed by atoms with Gasteiger partial charge in [-0.3, -0.25) is 0 Å². The van der Waals surface area contributed by atoms with Gasteiger partial charge in [0.1, 0.15) is 0 Å². The smallest absolute Gasteiger partial charge is 0.284 e. The molecule has 3 rings (SSSR count). The van der Waals surface area contributed by atoms with Crippen LogP contribution in [0.1, 0.15) is 11.1 Å². The number of benzene rings is 2. The molecule has 12 heteroatoms. The number of thioether (sulfide) groups is 2. The van der Waals surface area contributed by atoms with E-state index in [4.69, 9.17) is 0 Å². The number of nitrogens with zero attached hydrogens (tertiary/aromatic N) is 4. The number of aryl methyl sites for hydroxylation is 2. The minimum atomic E-state index is -3.83. The lowest BCUT2D eigenvalue weighted by atomic mass is 10.2. The van der Waals surface area contributed by atoms with Gasteiger partial charge >= 0.3 is 0 Å². The maximum atomic E-state index is 12.8. The second-order valence-electron chi connectivity index (χ2n) is 7.71. The number of rotatable bonds is 4. The molecule has 1 fully saturated rings. The monoisotopic (exact) mass is 540 g/mol. The Bertz CT molecular complexity index is 1160. The van der Waals surface area contributed by atoms with E-state index in [2.05, 4.69) is 8.80 Å². The van der Waals surface area contributed by atoms with Gasteiger partial charge in [0.15, 0.2) is 10.3 Å². The van der Waals surface area contributed by atoms with Crippen LogP contribution in [0.5, 0.6) is 0 Å². The van der Waals surface area contributed by atoms with Crippen LogP contribution in [0.4, 0.5) is 0 Å². The molecular formula is C22H28N4O4S4. The van der Waals surface area contributed by atoms with Crippen LogP contribution in [0.2, 0.25) is 0 Å². The van der Waals surface area contributed by atoms with E-state index in [1.54, 1.807) is 61.0 Å². The molecule has 34 heavy (non-hydrogen) atoms. The Morgan fingerprint density at radius 1 is 0.647 bits per heavy atom. The summed E-state index contributed by atoms with van der Waals surface area (Å²) in [7, 11) is -7.65. The van der Waals surface area contributed by atoms with E-state index >= 15 is 0 Å². The quantitative estimate of drug-likeness (QED) is 0.430. The molecule has 1 saturated heterocycles. The Kier molecular flexibility index (Phi) is 8.72. The average Bonchev–Trinajstić information content (AvgIpc) is 2.82. The molecule has 0 saturated carbocycles. The molecule has 0 aromatic heterocycles. The Labute approximate surface area is 210 Å². The van der Waals surface area contributed by atoms with E-state index in [0.29, 0.717) is 36.5 Å². The fourth-order valence-corrected chi connectivity index (χ4v) is 7.15. The molecule has 184 valence electrons. The summed E-state index contributed by atoms with van der Waals surface area (Å²) < 4.78 is 59.2. The van der Waals surface area contributed by atoms with E-state index < -0.39 is 20.0 Å². The zero-order valence-corrected chi connectivity index (χ0v) is 22.8. The number of amidine groups is 2. The van der Waals surface area contributed by atoms with Crippen molar-refractivity contribution in [3.8, 4) is 0 Å². The van der Waals surface area contributed by atoms with Crippen LogP contribution in [0.3, 0.4) is 0 Å². The van der Waals surface area contributed by atoms with Gasteiger partial charge in [-0.15, -0.1) is 8.80 Å². The van der Waals surface area contributed by atoms with Crippen LogP contribution >= 0.6 is 23.5 Å². The highest BCUT2D eigenvalue weighted by molar-refractivity contribution is 8.14. The van der Waals surface area contributed by atoms with Crippen LogP contribution in [0.25, 0.3) is 0 Å². The van der Waals surface area contributed by atoms with Crippen LogP contribution in [0.15, 0.2) is 67.1 Å². The predicted octanol–water partition coefficient (Wildman–Crippen LogP) is 3.44. The van der Waals surface area contributed by atoms with Gasteiger partial charge in [0, 0.05) is 26.2 Å². The maximum absolute atomic E-state index is 12.8. The molecular weight excluding hydrogens is 513 g/mol. The van der Waals surface area contributed by atoms with E-state index in [9.17, 15) is 16.8 Å². The topological polar surface area (TPSA) is 99.5 Å². The Balaban J connectivity index is 1.74. The molecule has 2 aromatic rings. The lowest BCUT2D eigenvalue weighted by Gasteiger charge is -2.36. The first-order chi connectivity index (χ1) is 16.1. The highest BCUT2D eigenvalue weighted by Crippen LogP contribution is 2.20. The molecule has 0 unspecified atom stereocenters. The SMILES string of the molecule is CS/C(=N\S(=O)(=O)c1ccc(C)cc1)N1CCN(/C(=N/S(=O)(=O)c2ccc(C)cc2)SC)CC1. The van der Waals surface area contributed by atoms with Crippen molar-refractivity contribution in [1.29, 1.82) is 0 Å². The first-order valence-corrected chi connectivity index (χ1v) is 15.8. The standard InChI is InChI=1S/C22H28N4O4S4/c1-17-5-9-19(10-6-17)33(27,28)23-21(31-3)25-13-15-26(16-14-25)22(32-4)24-34(29,30)20-11-7-18(2)8-12-20/h5-12H,13-16H2,1-4H3/b23-21-,24-22-. The van der Waals surface area contributed by atoms with Crippen molar-refractivity contribution in [2.24, 2.45) is 8.80 Å². The third-order valence-corrected chi connectivity index (χ3v) is 9.44. The molecule has 1 heterocycles. The second-order valence-corrected chi connectivity index (χ2v) is 12.5. The molecule has 0 N–H and O–H groups in total. The minimum absolute atomic E-state index is 0.154. The molecule has 0 bridgehead atoms. The van der Waals surface area contributed by atoms with Crippen molar-refractivity contribution >= 4 is 53.9 Å². The third-order valence-electron chi connectivity index (χ3n) is 5.22. The van der Waals surface area contributed by atoms with Gasteiger partial charge < -0.3 is 9.80 Å². The highest BCUT2D eigenvalue weighted by Gasteiger charge is 2.25. The zero-order valence-electron chi connectivity index (χ0n) is 19.5. The third kappa shape index (κ3) is 6.55. The van der Waals surface area contributed by atoms with Crippen LogP contribution in [-0.2, 0) is 20.0 Å². The lowest BCUT2D eigenvalue weighted by Crippen LogP contribution is -2.49. The van der Waals surface area contributed by atoms with E-state index in [-0.39, 0.29) is 9.79 Å². The lowest BCUT2D eigenvalue weighted by molar-refractivity contribution is 0.266. The second kappa shape index (κ2) is 11.1. The van der Waals surface area contributed by atoms with Crippen LogP contribution < -0.4 is 0 Å². The molecule has 0 amide bonds. The van der Waals surface area contributed by atoms with Gasteiger partial charge in [-0.2, -0.15) is 16.8 Å². The van der Waals surface area contributed by atoms with Gasteiger partial charge in [-0.05, 0) is 50.6 Å². The Hall–Kier alpha value is -2.02. The summed E-state index contributed by atoms with van der Waals surface area (Å²) in [5.41, 5.74) is 1.94. The molecule has 0 spiro atoms. The van der Waals surface area contributed by atoms with Gasteiger partial charge in [0.05, 0.1) is 9.79 Å². The highest BCUT2D eigenvalue weighted by atomic mass is 32.2. The summed E-state index contributed by atoms with van der Waals surface area (Å²) in [6.07, 6.45) is 3.58. The van der Waals surface area contributed by atoms with Crippen molar-refractivity contribution < 1.29 is 16.8 Å². The number of piperazine rings is 1. The molecule has 2 aromatic carbocycles. The van der Waals surface area contributed by atoms with Gasteiger partial charge in [-0.1, -0.05) is 58.9 Å². The maximum Gasteiger partial charge on any atom is 0.284 e. The van der Waals surface area contributed by atoms with Crippen molar-refractivity contribution in [3.05, 3.63) is 59.7 Å². The van der Waals surface area contributed by atoms with Gasteiger partial charge in [0.2, 0.25) is 0 Å². The molecule has 0 aliphatic carbocycles. The Morgan fingerprint density at radius 3 is 1.21 bits per heavy atom. The summed E-state index contributed by atoms with van der Waals surface area (Å²) in [4.78, 5) is 4.11. The van der Waals surface area contributed by atoms with Crippen molar-refractivity contribution in [3.63, 3.8) is 0 Å². The average molecular weight is 541 g/mol. The summed E-state index contributed by atoms with van der Waals surface area (Å²) in [6, 6.07) is 13.2. The molecule has 0 radical (unpaired) electrons. The van der Waals surface area contributed by atoms with Gasteiger partial charge in [-0.25, -0.2) is 0 Å². The summed E-state index contributed by atoms with van der Waals surface area (Å²) in [5.74, 6) is 0. The minimum Gasteiger partial charge on any atom is -0.347 e. The summed E-state index contributed by atoms with van der Waals surface area (Å²) >= 11 is 2.54. The first-order valence-electron chi connectivity index (χ1n) is 10.5. The zero-order chi connectivity index (χ0) is 24.9. The predicted molar refractivity (Wildman–Crippen MR) is 142 cm³/mol. The molecule has 1 aliphatic rings. The van der Waals surface area contributed by atoms with Crippen molar-refractivity contribution in [2.75, 3.05) is 38.7 Å². The van der Waals surface area contributed by atoms with Crippen LogP contribution in [0, 0.1) is 13.8 Å².